The van der Waals surface area contributed by atoms with Gasteiger partial charge in [-0.15, -0.1) is 10.2 Å². The van der Waals surface area contributed by atoms with E-state index in [2.05, 4.69) is 20.3 Å². The average Bonchev–Trinajstić information content (AvgIpc) is 3.11. The SMILES string of the molecule is Fc1ccc(F)c(-c2nnc3sc(-c4cccnc4)nn23)c1. The highest BCUT2D eigenvalue weighted by atomic mass is 32.1. The van der Waals surface area contributed by atoms with Crippen LogP contribution in [0.2, 0.25) is 0 Å². The fourth-order valence-corrected chi connectivity index (χ4v) is 2.89. The van der Waals surface area contributed by atoms with E-state index in [0.717, 1.165) is 23.8 Å². The van der Waals surface area contributed by atoms with Gasteiger partial charge in [0.1, 0.15) is 16.6 Å². The molecule has 4 rings (SSSR count). The maximum absolute atomic E-state index is 13.9. The molecule has 3 heterocycles. The molecule has 0 bridgehead atoms. The van der Waals surface area contributed by atoms with E-state index < -0.39 is 11.6 Å². The van der Waals surface area contributed by atoms with Gasteiger partial charge in [0.2, 0.25) is 4.96 Å². The van der Waals surface area contributed by atoms with E-state index in [1.165, 1.54) is 15.9 Å². The molecular formula is C14H7F2N5S. The van der Waals surface area contributed by atoms with Gasteiger partial charge in [-0.25, -0.2) is 8.78 Å². The van der Waals surface area contributed by atoms with Gasteiger partial charge in [0.05, 0.1) is 5.56 Å². The van der Waals surface area contributed by atoms with Crippen molar-refractivity contribution in [2.45, 2.75) is 0 Å². The van der Waals surface area contributed by atoms with Gasteiger partial charge in [0.25, 0.3) is 0 Å². The summed E-state index contributed by atoms with van der Waals surface area (Å²) in [7, 11) is 0. The molecule has 0 saturated carbocycles. The summed E-state index contributed by atoms with van der Waals surface area (Å²) in [5, 5.41) is 12.9. The lowest BCUT2D eigenvalue weighted by Crippen LogP contribution is -1.94. The quantitative estimate of drug-likeness (QED) is 0.570. The van der Waals surface area contributed by atoms with E-state index in [1.54, 1.807) is 18.5 Å². The fraction of sp³-hybridized carbons (Fsp3) is 0. The van der Waals surface area contributed by atoms with Gasteiger partial charge in [-0.3, -0.25) is 4.98 Å². The van der Waals surface area contributed by atoms with E-state index in [9.17, 15) is 8.78 Å². The third kappa shape index (κ3) is 2.04. The molecule has 0 radical (unpaired) electrons. The number of nitrogens with zero attached hydrogens (tertiary/aromatic N) is 5. The van der Waals surface area contributed by atoms with Crippen LogP contribution in [0, 0.1) is 11.6 Å². The summed E-state index contributed by atoms with van der Waals surface area (Å²) >= 11 is 1.30. The summed E-state index contributed by atoms with van der Waals surface area (Å²) in [5.74, 6) is -0.958. The van der Waals surface area contributed by atoms with Gasteiger partial charge < -0.3 is 0 Å². The Kier molecular flexibility index (Phi) is 2.90. The van der Waals surface area contributed by atoms with Crippen molar-refractivity contribution >= 4 is 16.3 Å². The van der Waals surface area contributed by atoms with Gasteiger partial charge in [0.15, 0.2) is 5.82 Å². The van der Waals surface area contributed by atoms with Crippen molar-refractivity contribution in [1.29, 1.82) is 0 Å². The second-order valence-corrected chi connectivity index (χ2v) is 5.45. The molecular weight excluding hydrogens is 308 g/mol. The first kappa shape index (κ1) is 13.0. The Morgan fingerprint density at radius 3 is 2.82 bits per heavy atom. The van der Waals surface area contributed by atoms with E-state index in [1.807, 2.05) is 6.07 Å². The average molecular weight is 315 g/mol. The Bertz CT molecular complexity index is 964. The molecule has 5 nitrogen and oxygen atoms in total. The minimum absolute atomic E-state index is 0.0236. The molecule has 108 valence electrons. The molecule has 0 fully saturated rings. The molecule has 22 heavy (non-hydrogen) atoms. The van der Waals surface area contributed by atoms with Crippen LogP contribution in [0.5, 0.6) is 0 Å². The van der Waals surface area contributed by atoms with Gasteiger partial charge in [-0.1, -0.05) is 11.3 Å². The summed E-state index contributed by atoms with van der Waals surface area (Å²) in [6, 6.07) is 6.85. The van der Waals surface area contributed by atoms with Crippen molar-refractivity contribution in [2.75, 3.05) is 0 Å². The number of halogens is 2. The maximum atomic E-state index is 13.9. The second-order valence-electron chi connectivity index (χ2n) is 4.49. The van der Waals surface area contributed by atoms with Crippen LogP contribution in [0.3, 0.4) is 0 Å². The second kappa shape index (κ2) is 4.92. The molecule has 8 heteroatoms. The predicted molar refractivity (Wildman–Crippen MR) is 77.2 cm³/mol. The molecule has 4 aromatic rings. The van der Waals surface area contributed by atoms with Crippen molar-refractivity contribution in [3.05, 3.63) is 54.4 Å². The van der Waals surface area contributed by atoms with Crippen molar-refractivity contribution in [3.63, 3.8) is 0 Å². The molecule has 1 aromatic carbocycles. The molecule has 0 N–H and O–H groups in total. The Hall–Kier alpha value is -2.74. The number of hydrogen-bond acceptors (Lipinski definition) is 5. The predicted octanol–water partition coefficient (Wildman–Crippen LogP) is 3.19. The zero-order valence-corrected chi connectivity index (χ0v) is 11.8. The summed E-state index contributed by atoms with van der Waals surface area (Å²) in [5.41, 5.74) is 0.846. The normalized spacial score (nSPS) is 11.2. The molecule has 0 aliphatic heterocycles. The summed E-state index contributed by atoms with van der Waals surface area (Å²) in [6.45, 7) is 0. The smallest absolute Gasteiger partial charge is 0.235 e. The van der Waals surface area contributed by atoms with Crippen molar-refractivity contribution in [3.8, 4) is 22.0 Å². The first-order chi connectivity index (χ1) is 10.7. The van der Waals surface area contributed by atoms with Crippen LogP contribution in [0.15, 0.2) is 42.7 Å². The Morgan fingerprint density at radius 2 is 2.00 bits per heavy atom. The number of aromatic nitrogens is 5. The number of pyridine rings is 1. The van der Waals surface area contributed by atoms with E-state index >= 15 is 0 Å². The molecule has 3 aromatic heterocycles. The first-order valence-electron chi connectivity index (χ1n) is 6.30. The van der Waals surface area contributed by atoms with Crippen LogP contribution in [-0.4, -0.2) is 24.8 Å². The Balaban J connectivity index is 1.90. The van der Waals surface area contributed by atoms with Crippen LogP contribution < -0.4 is 0 Å². The monoisotopic (exact) mass is 315 g/mol. The topological polar surface area (TPSA) is 56.0 Å². The summed E-state index contributed by atoms with van der Waals surface area (Å²) in [4.78, 5) is 4.53. The van der Waals surface area contributed by atoms with Crippen LogP contribution >= 0.6 is 11.3 Å². The largest absolute Gasteiger partial charge is 0.264 e. The lowest BCUT2D eigenvalue weighted by Gasteiger charge is -1.99. The minimum Gasteiger partial charge on any atom is -0.264 e. The molecule has 0 amide bonds. The third-order valence-corrected chi connectivity index (χ3v) is 4.02. The van der Waals surface area contributed by atoms with E-state index in [-0.39, 0.29) is 11.4 Å². The highest BCUT2D eigenvalue weighted by Gasteiger charge is 2.17. The lowest BCUT2D eigenvalue weighted by atomic mass is 10.2. The fourth-order valence-electron chi connectivity index (χ4n) is 2.06. The number of fused-ring (bicyclic) bond motifs is 1. The molecule has 0 spiro atoms. The van der Waals surface area contributed by atoms with Crippen molar-refractivity contribution < 1.29 is 8.78 Å². The minimum atomic E-state index is -0.577. The Labute approximate surface area is 126 Å². The van der Waals surface area contributed by atoms with Crippen molar-refractivity contribution in [1.82, 2.24) is 24.8 Å². The molecule has 0 saturated heterocycles. The molecule has 0 atom stereocenters. The maximum Gasteiger partial charge on any atom is 0.235 e. The van der Waals surface area contributed by atoms with E-state index in [4.69, 9.17) is 0 Å². The van der Waals surface area contributed by atoms with E-state index in [0.29, 0.717) is 9.97 Å². The van der Waals surface area contributed by atoms with Crippen LogP contribution in [0.1, 0.15) is 0 Å². The zero-order valence-electron chi connectivity index (χ0n) is 10.9. The highest BCUT2D eigenvalue weighted by Crippen LogP contribution is 2.28. The standard InChI is InChI=1S/C14H7F2N5S/c15-9-3-4-11(16)10(6-9)12-18-19-14-21(12)20-13(22-14)8-2-1-5-17-7-8/h1-7H. The number of hydrogen-bond donors (Lipinski definition) is 0. The Morgan fingerprint density at radius 1 is 1.09 bits per heavy atom. The summed E-state index contributed by atoms with van der Waals surface area (Å²) < 4.78 is 28.7. The van der Waals surface area contributed by atoms with Gasteiger partial charge in [0, 0.05) is 18.0 Å². The van der Waals surface area contributed by atoms with Gasteiger partial charge in [-0.05, 0) is 30.3 Å². The molecule has 0 unspecified atom stereocenters. The highest BCUT2D eigenvalue weighted by molar-refractivity contribution is 7.19. The summed E-state index contributed by atoms with van der Waals surface area (Å²) in [6.07, 6.45) is 3.34. The van der Waals surface area contributed by atoms with Crippen LogP contribution in [0.25, 0.3) is 26.9 Å². The zero-order chi connectivity index (χ0) is 15.1. The lowest BCUT2D eigenvalue weighted by molar-refractivity contribution is 0.601. The van der Waals surface area contributed by atoms with Gasteiger partial charge >= 0.3 is 0 Å². The third-order valence-electron chi connectivity index (χ3n) is 3.07. The number of benzene rings is 1. The van der Waals surface area contributed by atoms with Crippen molar-refractivity contribution in [2.24, 2.45) is 0 Å². The van der Waals surface area contributed by atoms with Crippen LogP contribution in [0.4, 0.5) is 8.78 Å². The van der Waals surface area contributed by atoms with Gasteiger partial charge in [-0.2, -0.15) is 9.61 Å². The molecule has 0 aliphatic rings. The van der Waals surface area contributed by atoms with Crippen LogP contribution in [-0.2, 0) is 0 Å². The molecule has 0 aliphatic carbocycles. The number of rotatable bonds is 2. The first-order valence-corrected chi connectivity index (χ1v) is 7.12.